The molecule has 1 aliphatic heterocycles. The fourth-order valence-corrected chi connectivity index (χ4v) is 2.20. The van der Waals surface area contributed by atoms with Gasteiger partial charge in [0.15, 0.2) is 0 Å². The molecule has 1 unspecified atom stereocenters. The molecule has 1 saturated heterocycles. The fourth-order valence-electron chi connectivity index (χ4n) is 2.20. The van der Waals surface area contributed by atoms with Crippen LogP contribution in [0.5, 0.6) is 5.75 Å². The van der Waals surface area contributed by atoms with Crippen LogP contribution in [-0.4, -0.2) is 48.1 Å². The molecule has 0 aliphatic carbocycles. The van der Waals surface area contributed by atoms with E-state index in [2.05, 4.69) is 11.0 Å². The number of aromatic hydroxyl groups is 1. The van der Waals surface area contributed by atoms with Gasteiger partial charge in [-0.15, -0.1) is 0 Å². The second-order valence-electron chi connectivity index (χ2n) is 4.61. The number of rotatable bonds is 2. The van der Waals surface area contributed by atoms with Crippen molar-refractivity contribution in [2.75, 3.05) is 33.2 Å². The Hall–Kier alpha value is -1.64. The average Bonchev–Trinajstić information content (AvgIpc) is 2.31. The first-order valence-electron chi connectivity index (χ1n) is 5.92. The maximum atomic E-state index is 13.3. The zero-order valence-corrected chi connectivity index (χ0v) is 10.3. The third-order valence-electron chi connectivity index (χ3n) is 3.25. The smallest absolute Gasteiger partial charge is 0.127 e. The predicted molar refractivity (Wildman–Crippen MR) is 65.5 cm³/mol. The lowest BCUT2D eigenvalue weighted by Gasteiger charge is -2.35. The minimum absolute atomic E-state index is 0.139. The molecular weight excluding hydrogens is 233 g/mol. The fraction of sp³-hybridized carbons (Fsp3) is 0.462. The van der Waals surface area contributed by atoms with E-state index in [1.165, 1.54) is 12.1 Å². The summed E-state index contributed by atoms with van der Waals surface area (Å²) in [6.45, 7) is 3.32. The number of hydrogen-bond acceptors (Lipinski definition) is 4. The Morgan fingerprint density at radius 2 is 1.94 bits per heavy atom. The van der Waals surface area contributed by atoms with Gasteiger partial charge in [-0.05, 0) is 24.7 Å². The molecule has 1 atom stereocenters. The van der Waals surface area contributed by atoms with Crippen molar-refractivity contribution in [2.45, 2.75) is 6.04 Å². The van der Waals surface area contributed by atoms with Crippen LogP contribution in [0.4, 0.5) is 4.39 Å². The summed E-state index contributed by atoms with van der Waals surface area (Å²) in [6.07, 6.45) is 0. The number of nitriles is 1. The molecular formula is C13H16FN3O. The first kappa shape index (κ1) is 12.8. The molecule has 1 aromatic rings. The summed E-state index contributed by atoms with van der Waals surface area (Å²) in [5.41, 5.74) is 0.513. The summed E-state index contributed by atoms with van der Waals surface area (Å²) in [7, 11) is 2.03. The molecule has 0 saturated carbocycles. The van der Waals surface area contributed by atoms with Crippen molar-refractivity contribution in [3.63, 3.8) is 0 Å². The summed E-state index contributed by atoms with van der Waals surface area (Å²) in [4.78, 5) is 4.20. The molecule has 2 rings (SSSR count). The van der Waals surface area contributed by atoms with Crippen molar-refractivity contribution in [3.8, 4) is 11.8 Å². The Kier molecular flexibility index (Phi) is 3.80. The van der Waals surface area contributed by atoms with Crippen LogP contribution in [0, 0.1) is 17.1 Å². The van der Waals surface area contributed by atoms with Crippen molar-refractivity contribution >= 4 is 0 Å². The SMILES string of the molecule is CN1CCN(C(C#N)c2cc(O)cc(F)c2)CC1. The monoisotopic (exact) mass is 249 g/mol. The number of phenols is 1. The molecule has 1 aromatic carbocycles. The summed E-state index contributed by atoms with van der Waals surface area (Å²) >= 11 is 0. The Morgan fingerprint density at radius 3 is 2.50 bits per heavy atom. The van der Waals surface area contributed by atoms with Crippen molar-refractivity contribution < 1.29 is 9.50 Å². The van der Waals surface area contributed by atoms with Gasteiger partial charge in [-0.3, -0.25) is 4.90 Å². The van der Waals surface area contributed by atoms with Gasteiger partial charge in [0, 0.05) is 32.2 Å². The van der Waals surface area contributed by atoms with Crippen LogP contribution < -0.4 is 0 Å². The van der Waals surface area contributed by atoms with E-state index in [0.29, 0.717) is 5.56 Å². The van der Waals surface area contributed by atoms with Crippen LogP contribution >= 0.6 is 0 Å². The molecule has 4 nitrogen and oxygen atoms in total. The van der Waals surface area contributed by atoms with E-state index in [4.69, 9.17) is 0 Å². The van der Waals surface area contributed by atoms with Gasteiger partial charge in [0.25, 0.3) is 0 Å². The Balaban J connectivity index is 2.20. The third kappa shape index (κ3) is 2.78. The minimum atomic E-state index is -0.514. The molecule has 1 N–H and O–H groups in total. The Labute approximate surface area is 106 Å². The standard InChI is InChI=1S/C13H16FN3O/c1-16-2-4-17(5-3-16)13(9-15)10-6-11(14)8-12(18)7-10/h6-8,13,18H,2-5H2,1H3. The van der Waals surface area contributed by atoms with Crippen molar-refractivity contribution in [1.82, 2.24) is 9.80 Å². The van der Waals surface area contributed by atoms with Crippen LogP contribution in [0.15, 0.2) is 18.2 Å². The Bertz CT molecular complexity index is 444. The zero-order chi connectivity index (χ0) is 13.1. The van der Waals surface area contributed by atoms with Crippen LogP contribution in [0.3, 0.4) is 0 Å². The zero-order valence-electron chi connectivity index (χ0n) is 10.3. The maximum absolute atomic E-state index is 13.3. The van der Waals surface area contributed by atoms with E-state index in [1.807, 2.05) is 11.9 Å². The summed E-state index contributed by atoms with van der Waals surface area (Å²) < 4.78 is 13.3. The lowest BCUT2D eigenvalue weighted by atomic mass is 10.0. The number of phenolic OH excluding ortho intramolecular Hbond substituents is 1. The highest BCUT2D eigenvalue weighted by atomic mass is 19.1. The van der Waals surface area contributed by atoms with Gasteiger partial charge in [0.05, 0.1) is 6.07 Å². The van der Waals surface area contributed by atoms with Gasteiger partial charge >= 0.3 is 0 Å². The van der Waals surface area contributed by atoms with Crippen LogP contribution in [0.25, 0.3) is 0 Å². The average molecular weight is 249 g/mol. The maximum Gasteiger partial charge on any atom is 0.127 e. The summed E-state index contributed by atoms with van der Waals surface area (Å²) in [6, 6.07) is 5.50. The van der Waals surface area contributed by atoms with Gasteiger partial charge in [-0.1, -0.05) is 0 Å². The molecule has 18 heavy (non-hydrogen) atoms. The minimum Gasteiger partial charge on any atom is -0.508 e. The highest BCUT2D eigenvalue weighted by Crippen LogP contribution is 2.25. The molecule has 0 spiro atoms. The normalized spacial score (nSPS) is 19.4. The number of halogens is 1. The highest BCUT2D eigenvalue weighted by Gasteiger charge is 2.24. The van der Waals surface area contributed by atoms with Gasteiger partial charge in [0.1, 0.15) is 17.6 Å². The highest BCUT2D eigenvalue weighted by molar-refractivity contribution is 5.33. The number of benzene rings is 1. The predicted octanol–water partition coefficient (Wildman–Crippen LogP) is 1.34. The van der Waals surface area contributed by atoms with Gasteiger partial charge in [-0.2, -0.15) is 5.26 Å². The molecule has 0 bridgehead atoms. The van der Waals surface area contributed by atoms with Gasteiger partial charge in [-0.25, -0.2) is 4.39 Å². The summed E-state index contributed by atoms with van der Waals surface area (Å²) in [5, 5.41) is 18.7. The van der Waals surface area contributed by atoms with Crippen LogP contribution in [0.2, 0.25) is 0 Å². The number of hydrogen-bond donors (Lipinski definition) is 1. The van der Waals surface area contributed by atoms with E-state index >= 15 is 0 Å². The van der Waals surface area contributed by atoms with E-state index in [1.54, 1.807) is 0 Å². The van der Waals surface area contributed by atoms with Crippen LogP contribution in [0.1, 0.15) is 11.6 Å². The number of piperazine rings is 1. The van der Waals surface area contributed by atoms with Gasteiger partial charge < -0.3 is 10.0 Å². The second-order valence-corrected chi connectivity index (χ2v) is 4.61. The Morgan fingerprint density at radius 1 is 1.28 bits per heavy atom. The molecule has 5 heteroatoms. The van der Waals surface area contributed by atoms with Crippen molar-refractivity contribution in [3.05, 3.63) is 29.6 Å². The molecule has 1 aliphatic rings. The first-order chi connectivity index (χ1) is 8.60. The topological polar surface area (TPSA) is 50.5 Å². The molecule has 0 radical (unpaired) electrons. The van der Waals surface area contributed by atoms with Gasteiger partial charge in [0.2, 0.25) is 0 Å². The lowest BCUT2D eigenvalue weighted by molar-refractivity contribution is 0.132. The van der Waals surface area contributed by atoms with E-state index in [9.17, 15) is 14.8 Å². The third-order valence-corrected chi connectivity index (χ3v) is 3.25. The molecule has 1 heterocycles. The molecule has 1 fully saturated rings. The summed E-state index contributed by atoms with van der Waals surface area (Å²) in [5.74, 6) is -0.654. The van der Waals surface area contributed by atoms with Crippen molar-refractivity contribution in [2.24, 2.45) is 0 Å². The van der Waals surface area contributed by atoms with E-state index in [-0.39, 0.29) is 5.75 Å². The number of likely N-dealkylation sites (N-methyl/N-ethyl adjacent to an activating group) is 1. The van der Waals surface area contributed by atoms with Crippen LogP contribution in [-0.2, 0) is 0 Å². The second kappa shape index (κ2) is 5.34. The molecule has 0 aromatic heterocycles. The van der Waals surface area contributed by atoms with E-state index in [0.717, 1.165) is 32.2 Å². The molecule has 0 amide bonds. The van der Waals surface area contributed by atoms with E-state index < -0.39 is 11.9 Å². The lowest BCUT2D eigenvalue weighted by Crippen LogP contribution is -2.45. The number of nitrogens with zero attached hydrogens (tertiary/aromatic N) is 3. The molecule has 96 valence electrons. The quantitative estimate of drug-likeness (QED) is 0.859. The first-order valence-corrected chi connectivity index (χ1v) is 5.92. The largest absolute Gasteiger partial charge is 0.508 e. The van der Waals surface area contributed by atoms with Crippen molar-refractivity contribution in [1.29, 1.82) is 5.26 Å².